The number of ether oxygens (including phenoxy) is 1. The Labute approximate surface area is 137 Å². The number of carbonyl (C=O) groups is 1. The van der Waals surface area contributed by atoms with Crippen LogP contribution in [0.25, 0.3) is 11.0 Å². The molecule has 1 aliphatic rings. The molecule has 22 heavy (non-hydrogen) atoms. The second kappa shape index (κ2) is 5.26. The molecule has 0 bridgehead atoms. The summed E-state index contributed by atoms with van der Waals surface area (Å²) in [5.74, 6) is -0.394. The molecule has 2 aromatic rings. The van der Waals surface area contributed by atoms with E-state index in [9.17, 15) is 9.59 Å². The van der Waals surface area contributed by atoms with Crippen molar-refractivity contribution in [3.8, 4) is 0 Å². The van der Waals surface area contributed by atoms with Gasteiger partial charge in [0, 0.05) is 11.0 Å². The lowest BCUT2D eigenvalue weighted by Crippen LogP contribution is -2.31. The minimum atomic E-state index is -0.557. The van der Waals surface area contributed by atoms with Crippen LogP contribution in [0.3, 0.4) is 0 Å². The first kappa shape index (κ1) is 15.3. The normalized spacial score (nSPS) is 14.4. The van der Waals surface area contributed by atoms with Crippen molar-refractivity contribution in [1.29, 1.82) is 0 Å². The van der Waals surface area contributed by atoms with Gasteiger partial charge in [-0.05, 0) is 51.3 Å². The molecular weight excluding hydrogens is 348 g/mol. The Morgan fingerprint density at radius 2 is 2.09 bits per heavy atom. The second-order valence-corrected chi connectivity index (χ2v) is 7.56. The van der Waals surface area contributed by atoms with Gasteiger partial charge in [-0.25, -0.2) is 4.79 Å². The summed E-state index contributed by atoms with van der Waals surface area (Å²) in [4.78, 5) is 24.7. The van der Waals surface area contributed by atoms with Crippen LogP contribution in [0.15, 0.2) is 21.4 Å². The number of halogens is 1. The minimum Gasteiger partial charge on any atom is -0.459 e. The van der Waals surface area contributed by atoms with Crippen LogP contribution in [0.5, 0.6) is 0 Å². The van der Waals surface area contributed by atoms with Gasteiger partial charge in [0.2, 0.25) is 0 Å². The molecule has 0 N–H and O–H groups in total. The van der Waals surface area contributed by atoms with Crippen LogP contribution >= 0.6 is 15.9 Å². The highest BCUT2D eigenvalue weighted by Crippen LogP contribution is 2.28. The molecule has 1 aromatic heterocycles. The molecule has 1 aromatic carbocycles. The van der Waals surface area contributed by atoms with Crippen molar-refractivity contribution in [2.75, 3.05) is 0 Å². The predicted octanol–water partition coefficient (Wildman–Crippen LogP) is 2.85. The van der Waals surface area contributed by atoms with E-state index in [2.05, 4.69) is 22.0 Å². The first-order valence-corrected chi connectivity index (χ1v) is 8.19. The molecular formula is C16H19BrN2O3. The van der Waals surface area contributed by atoms with Gasteiger partial charge in [0.25, 0.3) is 0 Å². The number of imidazole rings is 1. The summed E-state index contributed by atoms with van der Waals surface area (Å²) in [6.07, 6.45) is 1.89. The Hall–Kier alpha value is -1.56. The largest absolute Gasteiger partial charge is 0.459 e. The summed E-state index contributed by atoms with van der Waals surface area (Å²) < 4.78 is 9.55. The summed E-state index contributed by atoms with van der Waals surface area (Å²) in [6, 6.07) is 3.95. The zero-order valence-electron chi connectivity index (χ0n) is 13.0. The molecule has 1 aliphatic heterocycles. The summed E-state index contributed by atoms with van der Waals surface area (Å²) in [7, 11) is 0. The third kappa shape index (κ3) is 2.72. The zero-order chi connectivity index (χ0) is 16.1. The van der Waals surface area contributed by atoms with Crippen molar-refractivity contribution in [2.45, 2.75) is 52.3 Å². The van der Waals surface area contributed by atoms with E-state index in [1.54, 1.807) is 4.57 Å². The molecule has 0 fully saturated rings. The van der Waals surface area contributed by atoms with Crippen LogP contribution in [0.2, 0.25) is 0 Å². The number of carbonyl (C=O) groups excluding carboxylic acids is 1. The molecule has 0 saturated heterocycles. The first-order valence-electron chi connectivity index (χ1n) is 7.39. The van der Waals surface area contributed by atoms with Crippen molar-refractivity contribution in [2.24, 2.45) is 0 Å². The standard InChI is InChI=1S/C16H19BrN2O3/c1-16(2,3)22-13(20)9-19-12-8-11(17)7-10-5-4-6-18(14(10)12)15(19)21/h7-8H,4-6,9H2,1-3H3. The van der Waals surface area contributed by atoms with Crippen molar-refractivity contribution in [3.63, 3.8) is 0 Å². The highest BCUT2D eigenvalue weighted by Gasteiger charge is 2.23. The maximum Gasteiger partial charge on any atom is 0.329 e. The van der Waals surface area contributed by atoms with Gasteiger partial charge in [0.05, 0.1) is 11.0 Å². The van der Waals surface area contributed by atoms with E-state index in [1.165, 1.54) is 4.57 Å². The molecule has 3 rings (SSSR count). The van der Waals surface area contributed by atoms with Crippen molar-refractivity contribution < 1.29 is 9.53 Å². The summed E-state index contributed by atoms with van der Waals surface area (Å²) in [5, 5.41) is 0. The van der Waals surface area contributed by atoms with Crippen molar-refractivity contribution in [3.05, 3.63) is 32.7 Å². The minimum absolute atomic E-state index is 0.0600. The van der Waals surface area contributed by atoms with Gasteiger partial charge in [-0.15, -0.1) is 0 Å². The number of esters is 1. The van der Waals surface area contributed by atoms with Crippen molar-refractivity contribution in [1.82, 2.24) is 9.13 Å². The fourth-order valence-corrected chi connectivity index (χ4v) is 3.48. The van der Waals surface area contributed by atoms with Crippen molar-refractivity contribution >= 4 is 32.9 Å². The quantitative estimate of drug-likeness (QED) is 0.767. The molecule has 5 nitrogen and oxygen atoms in total. The Bertz CT molecular complexity index is 811. The van der Waals surface area contributed by atoms with E-state index >= 15 is 0 Å². The Kier molecular flexibility index (Phi) is 3.67. The highest BCUT2D eigenvalue weighted by atomic mass is 79.9. The molecule has 0 saturated carbocycles. The highest BCUT2D eigenvalue weighted by molar-refractivity contribution is 9.10. The molecule has 0 amide bonds. The average Bonchev–Trinajstić information content (AvgIpc) is 2.64. The molecule has 0 atom stereocenters. The van der Waals surface area contributed by atoms with E-state index < -0.39 is 11.6 Å². The maximum atomic E-state index is 12.6. The number of rotatable bonds is 2. The summed E-state index contributed by atoms with van der Waals surface area (Å²) in [5.41, 5.74) is 2.19. The van der Waals surface area contributed by atoms with Crippen LogP contribution in [-0.2, 0) is 29.0 Å². The Morgan fingerprint density at radius 1 is 1.36 bits per heavy atom. The third-order valence-electron chi connectivity index (χ3n) is 3.69. The van der Waals surface area contributed by atoms with E-state index in [-0.39, 0.29) is 12.2 Å². The Morgan fingerprint density at radius 3 is 2.77 bits per heavy atom. The average molecular weight is 367 g/mol. The van der Waals surface area contributed by atoms with Gasteiger partial charge >= 0.3 is 11.7 Å². The van der Waals surface area contributed by atoms with Gasteiger partial charge in [-0.2, -0.15) is 0 Å². The van der Waals surface area contributed by atoms with Gasteiger partial charge in [0.15, 0.2) is 0 Å². The van der Waals surface area contributed by atoms with Gasteiger partial charge in [0.1, 0.15) is 12.1 Å². The maximum absolute atomic E-state index is 12.6. The van der Waals surface area contributed by atoms with E-state index in [1.807, 2.05) is 26.8 Å². The van der Waals surface area contributed by atoms with Gasteiger partial charge in [-0.1, -0.05) is 15.9 Å². The molecule has 6 heteroatoms. The number of nitrogens with zero attached hydrogens (tertiary/aromatic N) is 2. The van der Waals surface area contributed by atoms with E-state index in [0.717, 1.165) is 33.9 Å². The topological polar surface area (TPSA) is 53.2 Å². The van der Waals surface area contributed by atoms with Crippen LogP contribution < -0.4 is 5.69 Å². The monoisotopic (exact) mass is 366 g/mol. The lowest BCUT2D eigenvalue weighted by molar-refractivity contribution is -0.155. The molecule has 0 unspecified atom stereocenters. The van der Waals surface area contributed by atoms with Crippen LogP contribution in [0, 0.1) is 0 Å². The second-order valence-electron chi connectivity index (χ2n) is 6.64. The SMILES string of the molecule is CC(C)(C)OC(=O)Cn1c(=O)n2c3c(cc(Br)cc31)CCC2. The molecule has 0 spiro atoms. The molecule has 0 radical (unpaired) electrons. The summed E-state index contributed by atoms with van der Waals surface area (Å²) in [6.45, 7) is 6.10. The fraction of sp³-hybridized carbons (Fsp3) is 0.500. The number of benzene rings is 1. The van der Waals surface area contributed by atoms with E-state index in [0.29, 0.717) is 6.54 Å². The molecule has 0 aliphatic carbocycles. The van der Waals surface area contributed by atoms with Crippen LogP contribution in [0.1, 0.15) is 32.8 Å². The number of aromatic nitrogens is 2. The van der Waals surface area contributed by atoms with Gasteiger partial charge < -0.3 is 4.74 Å². The Balaban J connectivity index is 2.09. The lowest BCUT2D eigenvalue weighted by Gasteiger charge is -2.19. The fourth-order valence-electron chi connectivity index (χ4n) is 2.98. The summed E-state index contributed by atoms with van der Waals surface area (Å²) >= 11 is 3.49. The molecule has 2 heterocycles. The van der Waals surface area contributed by atoms with E-state index in [4.69, 9.17) is 4.74 Å². The smallest absolute Gasteiger partial charge is 0.329 e. The number of hydrogen-bond donors (Lipinski definition) is 0. The zero-order valence-corrected chi connectivity index (χ0v) is 14.6. The van der Waals surface area contributed by atoms with Gasteiger partial charge in [-0.3, -0.25) is 13.9 Å². The van der Waals surface area contributed by atoms with Crippen LogP contribution in [0.4, 0.5) is 0 Å². The first-order chi connectivity index (χ1) is 10.3. The lowest BCUT2D eigenvalue weighted by atomic mass is 10.0. The predicted molar refractivity (Wildman–Crippen MR) is 88.1 cm³/mol. The van der Waals surface area contributed by atoms with Crippen LogP contribution in [-0.4, -0.2) is 20.7 Å². The number of aryl methyl sites for hydroxylation is 2. The molecule has 118 valence electrons. The number of hydrogen-bond acceptors (Lipinski definition) is 3. The third-order valence-corrected chi connectivity index (χ3v) is 4.15.